The van der Waals surface area contributed by atoms with Crippen molar-refractivity contribution in [2.75, 3.05) is 13.2 Å². The maximum absolute atomic E-state index is 12.9. The van der Waals surface area contributed by atoms with E-state index < -0.39 is 6.10 Å². The zero-order chi connectivity index (χ0) is 54.3. The molecule has 6 heteroatoms. The van der Waals surface area contributed by atoms with E-state index in [0.29, 0.717) is 19.3 Å². The molecule has 0 amide bonds. The minimum absolute atomic E-state index is 0.0768. The van der Waals surface area contributed by atoms with Crippen molar-refractivity contribution < 1.29 is 28.6 Å². The molecule has 0 heterocycles. The summed E-state index contributed by atoms with van der Waals surface area (Å²) in [7, 11) is 0. The lowest BCUT2D eigenvalue weighted by atomic mass is 10.0. The molecule has 0 aliphatic heterocycles. The molecule has 75 heavy (non-hydrogen) atoms. The average Bonchev–Trinajstić information content (AvgIpc) is 3.41. The van der Waals surface area contributed by atoms with Gasteiger partial charge in [0, 0.05) is 19.3 Å². The van der Waals surface area contributed by atoms with Crippen molar-refractivity contribution >= 4 is 17.9 Å². The van der Waals surface area contributed by atoms with Crippen LogP contribution in [0, 0.1) is 0 Å². The van der Waals surface area contributed by atoms with E-state index in [1.165, 1.54) is 180 Å². The van der Waals surface area contributed by atoms with Crippen LogP contribution in [0.15, 0.2) is 72.9 Å². The van der Waals surface area contributed by atoms with Crippen LogP contribution in [0.1, 0.15) is 329 Å². The van der Waals surface area contributed by atoms with Crippen LogP contribution in [0.5, 0.6) is 0 Å². The summed E-state index contributed by atoms with van der Waals surface area (Å²) in [6, 6.07) is 0. The van der Waals surface area contributed by atoms with E-state index in [4.69, 9.17) is 14.2 Å². The Morgan fingerprint density at radius 1 is 0.280 bits per heavy atom. The van der Waals surface area contributed by atoms with Gasteiger partial charge in [0.15, 0.2) is 6.10 Å². The first-order valence-electron chi connectivity index (χ1n) is 32.4. The molecule has 0 aliphatic carbocycles. The molecule has 0 aromatic rings. The number of esters is 3. The number of allylic oxidation sites excluding steroid dienone is 12. The molecule has 0 radical (unpaired) electrons. The number of unbranched alkanes of at least 4 members (excludes halogenated alkanes) is 36. The topological polar surface area (TPSA) is 78.9 Å². The molecule has 0 aliphatic rings. The number of hydrogen-bond donors (Lipinski definition) is 0. The molecule has 1 unspecified atom stereocenters. The molecule has 0 saturated heterocycles. The fourth-order valence-electron chi connectivity index (χ4n) is 9.35. The number of carbonyl (C=O) groups is 3. The summed E-state index contributed by atoms with van der Waals surface area (Å²) in [5.41, 5.74) is 0. The zero-order valence-electron chi connectivity index (χ0n) is 49.8. The first-order valence-corrected chi connectivity index (χ1v) is 32.4. The van der Waals surface area contributed by atoms with Gasteiger partial charge in [0.1, 0.15) is 13.2 Å². The van der Waals surface area contributed by atoms with E-state index in [9.17, 15) is 14.4 Å². The lowest BCUT2D eigenvalue weighted by molar-refractivity contribution is -0.167. The highest BCUT2D eigenvalue weighted by Crippen LogP contribution is 2.17. The van der Waals surface area contributed by atoms with Gasteiger partial charge in [-0.1, -0.05) is 293 Å². The molecule has 0 fully saturated rings. The third kappa shape index (κ3) is 61.6. The molecular formula is C69H122O6. The molecular weight excluding hydrogens is 925 g/mol. The van der Waals surface area contributed by atoms with Gasteiger partial charge in [-0.25, -0.2) is 0 Å². The Labute approximate surface area is 465 Å². The third-order valence-electron chi connectivity index (χ3n) is 14.2. The van der Waals surface area contributed by atoms with E-state index in [1.807, 2.05) is 0 Å². The molecule has 0 N–H and O–H groups in total. The van der Waals surface area contributed by atoms with Crippen LogP contribution in [-0.2, 0) is 28.6 Å². The molecule has 0 aromatic heterocycles. The summed E-state index contributed by atoms with van der Waals surface area (Å²) in [5, 5.41) is 0. The van der Waals surface area contributed by atoms with Gasteiger partial charge in [0.25, 0.3) is 0 Å². The SMILES string of the molecule is CC/C=C\C/C=C\C/C=C\C/C=C\C/C=C\CCCCCCCCCCCC(=O)OCC(COC(=O)CCCCCCCCCCCCCCCCCC)OC(=O)CCCCCCC/C=C\CCCCCCCCC. The Kier molecular flexibility index (Phi) is 60.7. The molecule has 0 saturated carbocycles. The summed E-state index contributed by atoms with van der Waals surface area (Å²) in [6.07, 6.45) is 81.9. The molecule has 0 bridgehead atoms. The number of carbonyl (C=O) groups excluding carboxylic acids is 3. The van der Waals surface area contributed by atoms with E-state index >= 15 is 0 Å². The van der Waals surface area contributed by atoms with Gasteiger partial charge >= 0.3 is 17.9 Å². The van der Waals surface area contributed by atoms with Gasteiger partial charge in [-0.05, 0) is 89.9 Å². The van der Waals surface area contributed by atoms with Crippen molar-refractivity contribution in [1.29, 1.82) is 0 Å². The van der Waals surface area contributed by atoms with Crippen LogP contribution in [0.25, 0.3) is 0 Å². The molecule has 434 valence electrons. The van der Waals surface area contributed by atoms with Gasteiger partial charge in [0.2, 0.25) is 0 Å². The predicted molar refractivity (Wildman–Crippen MR) is 325 cm³/mol. The van der Waals surface area contributed by atoms with Crippen molar-refractivity contribution in [2.24, 2.45) is 0 Å². The smallest absolute Gasteiger partial charge is 0.306 e. The Hall–Kier alpha value is -3.15. The van der Waals surface area contributed by atoms with Gasteiger partial charge in [-0.15, -0.1) is 0 Å². The Morgan fingerprint density at radius 3 is 0.827 bits per heavy atom. The highest BCUT2D eigenvalue weighted by molar-refractivity contribution is 5.71. The second-order valence-electron chi connectivity index (χ2n) is 21.6. The predicted octanol–water partition coefficient (Wildman–Crippen LogP) is 22.1. The van der Waals surface area contributed by atoms with Crippen molar-refractivity contribution in [3.8, 4) is 0 Å². The van der Waals surface area contributed by atoms with Gasteiger partial charge < -0.3 is 14.2 Å². The minimum atomic E-state index is -0.781. The summed E-state index contributed by atoms with van der Waals surface area (Å²) < 4.78 is 16.9. The number of ether oxygens (including phenoxy) is 3. The Morgan fingerprint density at radius 2 is 0.520 bits per heavy atom. The Balaban J connectivity index is 4.33. The maximum Gasteiger partial charge on any atom is 0.306 e. The average molecular weight is 1050 g/mol. The number of rotatable bonds is 59. The van der Waals surface area contributed by atoms with Gasteiger partial charge in [0.05, 0.1) is 0 Å². The zero-order valence-corrected chi connectivity index (χ0v) is 49.8. The van der Waals surface area contributed by atoms with Crippen LogP contribution in [0.2, 0.25) is 0 Å². The van der Waals surface area contributed by atoms with Crippen LogP contribution in [0.4, 0.5) is 0 Å². The highest BCUT2D eigenvalue weighted by atomic mass is 16.6. The highest BCUT2D eigenvalue weighted by Gasteiger charge is 2.19. The van der Waals surface area contributed by atoms with Crippen LogP contribution in [-0.4, -0.2) is 37.2 Å². The van der Waals surface area contributed by atoms with E-state index in [0.717, 1.165) is 109 Å². The van der Waals surface area contributed by atoms with E-state index in [2.05, 4.69) is 93.7 Å². The van der Waals surface area contributed by atoms with E-state index in [-0.39, 0.29) is 31.1 Å². The number of hydrogen-bond acceptors (Lipinski definition) is 6. The molecule has 0 aromatic carbocycles. The summed E-state index contributed by atoms with van der Waals surface area (Å²) in [6.45, 7) is 6.56. The third-order valence-corrected chi connectivity index (χ3v) is 14.2. The molecule has 1 atom stereocenters. The minimum Gasteiger partial charge on any atom is -0.462 e. The van der Waals surface area contributed by atoms with Crippen molar-refractivity contribution in [3.05, 3.63) is 72.9 Å². The van der Waals surface area contributed by atoms with Gasteiger partial charge in [-0.3, -0.25) is 14.4 Å². The first-order chi connectivity index (χ1) is 37.0. The van der Waals surface area contributed by atoms with Crippen molar-refractivity contribution in [3.63, 3.8) is 0 Å². The normalized spacial score (nSPS) is 12.5. The van der Waals surface area contributed by atoms with Crippen LogP contribution < -0.4 is 0 Å². The summed E-state index contributed by atoms with van der Waals surface area (Å²) >= 11 is 0. The van der Waals surface area contributed by atoms with Crippen LogP contribution >= 0.6 is 0 Å². The summed E-state index contributed by atoms with van der Waals surface area (Å²) in [5.74, 6) is -0.874. The lowest BCUT2D eigenvalue weighted by Crippen LogP contribution is -2.30. The van der Waals surface area contributed by atoms with Gasteiger partial charge in [-0.2, -0.15) is 0 Å². The Bertz CT molecular complexity index is 1390. The monoisotopic (exact) mass is 1050 g/mol. The first kappa shape index (κ1) is 71.8. The quantitative estimate of drug-likeness (QED) is 0.0261. The van der Waals surface area contributed by atoms with Crippen molar-refractivity contribution in [2.45, 2.75) is 335 Å². The fourth-order valence-corrected chi connectivity index (χ4v) is 9.35. The van der Waals surface area contributed by atoms with Crippen molar-refractivity contribution in [1.82, 2.24) is 0 Å². The molecule has 0 spiro atoms. The summed E-state index contributed by atoms with van der Waals surface area (Å²) in [4.78, 5) is 38.3. The van der Waals surface area contributed by atoms with Crippen LogP contribution in [0.3, 0.4) is 0 Å². The second-order valence-corrected chi connectivity index (χ2v) is 21.6. The second kappa shape index (κ2) is 63.4. The van der Waals surface area contributed by atoms with E-state index in [1.54, 1.807) is 0 Å². The largest absolute Gasteiger partial charge is 0.462 e. The maximum atomic E-state index is 12.9. The standard InChI is InChI=1S/C69H122O6/c1-4-7-10-13-16-19-22-25-28-31-32-33-34-35-36-37-38-39-42-44-47-50-53-56-59-62-68(71)74-65-66(75-69(72)63-60-57-54-51-48-45-41-30-27-24-21-18-15-12-9-6-3)64-73-67(70)61-58-55-52-49-46-43-40-29-26-23-20-17-14-11-8-5-2/h7,10,16,19,25,28,30,32-33,35-36,41,66H,4-6,8-9,11-15,17-18,20-24,26-27,29,31,34,37-40,42-65H2,1-3H3/b10-7-,19-16-,28-25-,33-32-,36-35-,41-30-. The molecule has 0 rings (SSSR count). The lowest BCUT2D eigenvalue weighted by Gasteiger charge is -2.18. The fraction of sp³-hybridized carbons (Fsp3) is 0.783. The molecule has 6 nitrogen and oxygen atoms in total.